The lowest BCUT2D eigenvalue weighted by atomic mass is 10.3. The number of halogens is 1. The third kappa shape index (κ3) is 3.45. The smallest absolute Gasteiger partial charge is 0.195 e. The summed E-state index contributed by atoms with van der Waals surface area (Å²) in [6.07, 6.45) is 0. The summed E-state index contributed by atoms with van der Waals surface area (Å²) in [7, 11) is 1.52. The van der Waals surface area contributed by atoms with Gasteiger partial charge in [0.2, 0.25) is 0 Å². The van der Waals surface area contributed by atoms with Crippen molar-refractivity contribution in [2.24, 2.45) is 5.73 Å². The predicted molar refractivity (Wildman–Crippen MR) is 68.1 cm³/mol. The third-order valence-electron chi connectivity index (χ3n) is 1.37. The number of para-hydroxylation sites is 1. The number of nitrogens with two attached hydrogens (primary N) is 1. The van der Waals surface area contributed by atoms with Gasteiger partial charge in [-0.05, 0) is 24.4 Å². The summed E-state index contributed by atoms with van der Waals surface area (Å²) in [4.78, 5) is 4.96. The Kier molecular flexibility index (Phi) is 5.93. The first-order valence-corrected chi connectivity index (χ1v) is 3.85. The maximum atomic E-state index is 5.41. The number of rotatable bonds is 2. The zero-order valence-corrected chi connectivity index (χ0v) is 10.3. The SMILES string of the molecule is CON(C(N)=S)c1ccccc1.I. The first-order valence-electron chi connectivity index (χ1n) is 3.44. The molecule has 0 spiro atoms. The number of hydrogen-bond acceptors (Lipinski definition) is 2. The molecule has 0 heterocycles. The fraction of sp³-hybridized carbons (Fsp3) is 0.125. The van der Waals surface area contributed by atoms with Crippen LogP contribution in [0.1, 0.15) is 0 Å². The van der Waals surface area contributed by atoms with Crippen LogP contribution in [0.2, 0.25) is 0 Å². The van der Waals surface area contributed by atoms with Crippen LogP contribution in [0, 0.1) is 0 Å². The second-order valence-electron chi connectivity index (χ2n) is 2.15. The van der Waals surface area contributed by atoms with Gasteiger partial charge in [-0.1, -0.05) is 18.2 Å². The van der Waals surface area contributed by atoms with Gasteiger partial charge >= 0.3 is 0 Å². The maximum absolute atomic E-state index is 5.41. The molecule has 0 aromatic heterocycles. The summed E-state index contributed by atoms with van der Waals surface area (Å²) in [6, 6.07) is 9.42. The van der Waals surface area contributed by atoms with Crippen molar-refractivity contribution in [1.82, 2.24) is 0 Å². The van der Waals surface area contributed by atoms with Crippen molar-refractivity contribution in [1.29, 1.82) is 0 Å². The molecule has 0 saturated carbocycles. The normalized spacial score (nSPS) is 8.69. The van der Waals surface area contributed by atoms with E-state index in [1.165, 1.54) is 12.2 Å². The summed E-state index contributed by atoms with van der Waals surface area (Å²) in [5.74, 6) is 0. The highest BCUT2D eigenvalue weighted by atomic mass is 127. The van der Waals surface area contributed by atoms with Crippen molar-refractivity contribution in [3.63, 3.8) is 0 Å². The minimum absolute atomic E-state index is 0. The minimum atomic E-state index is 0. The minimum Gasteiger partial charge on any atom is -0.374 e. The molecular formula is C8H11IN2OS. The maximum Gasteiger partial charge on any atom is 0.195 e. The van der Waals surface area contributed by atoms with Crippen molar-refractivity contribution in [3.05, 3.63) is 30.3 Å². The molecule has 1 aromatic carbocycles. The zero-order chi connectivity index (χ0) is 8.97. The highest BCUT2D eigenvalue weighted by molar-refractivity contribution is 14.0. The van der Waals surface area contributed by atoms with Crippen molar-refractivity contribution < 1.29 is 4.84 Å². The van der Waals surface area contributed by atoms with Crippen LogP contribution < -0.4 is 10.8 Å². The molecule has 0 fully saturated rings. The van der Waals surface area contributed by atoms with E-state index in [0.29, 0.717) is 0 Å². The Morgan fingerprint density at radius 2 is 1.92 bits per heavy atom. The fourth-order valence-electron chi connectivity index (χ4n) is 0.886. The molecule has 13 heavy (non-hydrogen) atoms. The molecule has 0 aliphatic carbocycles. The largest absolute Gasteiger partial charge is 0.374 e. The van der Waals surface area contributed by atoms with Gasteiger partial charge in [-0.25, -0.2) is 0 Å². The number of hydrogen-bond donors (Lipinski definition) is 1. The van der Waals surface area contributed by atoms with Crippen LogP contribution >= 0.6 is 36.2 Å². The van der Waals surface area contributed by atoms with Crippen LogP contribution in [0.25, 0.3) is 0 Å². The molecule has 0 aliphatic heterocycles. The first-order chi connectivity index (χ1) is 5.75. The number of thiocarbonyl (C=S) groups is 1. The topological polar surface area (TPSA) is 38.5 Å². The summed E-state index contributed by atoms with van der Waals surface area (Å²) in [6.45, 7) is 0. The van der Waals surface area contributed by atoms with E-state index in [2.05, 4.69) is 0 Å². The number of benzene rings is 1. The van der Waals surface area contributed by atoms with Crippen molar-refractivity contribution in [3.8, 4) is 0 Å². The standard InChI is InChI=1S/C8H10N2OS.HI/c1-11-10(8(9)12)7-5-3-2-4-6-7;/h2-6H,1H3,(H2,9,12);1H. The Bertz CT molecular complexity index is 268. The molecule has 5 heteroatoms. The van der Waals surface area contributed by atoms with E-state index in [-0.39, 0.29) is 29.1 Å². The molecular weight excluding hydrogens is 299 g/mol. The first kappa shape index (κ1) is 12.6. The lowest BCUT2D eigenvalue weighted by Crippen LogP contribution is -2.34. The monoisotopic (exact) mass is 310 g/mol. The number of hydroxylamine groups is 1. The van der Waals surface area contributed by atoms with Gasteiger partial charge in [0.25, 0.3) is 0 Å². The van der Waals surface area contributed by atoms with Crippen LogP contribution in [0.3, 0.4) is 0 Å². The van der Waals surface area contributed by atoms with E-state index in [0.717, 1.165) is 5.69 Å². The van der Waals surface area contributed by atoms with Gasteiger partial charge in [-0.15, -0.1) is 24.0 Å². The Morgan fingerprint density at radius 3 is 2.31 bits per heavy atom. The Balaban J connectivity index is 0.00000144. The van der Waals surface area contributed by atoms with Crippen LogP contribution in [-0.4, -0.2) is 12.2 Å². The van der Waals surface area contributed by atoms with E-state index in [1.807, 2.05) is 30.3 Å². The van der Waals surface area contributed by atoms with E-state index < -0.39 is 0 Å². The average Bonchev–Trinajstić information content (AvgIpc) is 2.07. The Labute approximate surface area is 99.8 Å². The predicted octanol–water partition coefficient (Wildman–Crippen LogP) is 1.92. The van der Waals surface area contributed by atoms with Gasteiger partial charge in [0, 0.05) is 0 Å². The molecule has 0 atom stereocenters. The van der Waals surface area contributed by atoms with E-state index in [1.54, 1.807) is 0 Å². The fourth-order valence-corrected chi connectivity index (χ4v) is 1.07. The van der Waals surface area contributed by atoms with E-state index >= 15 is 0 Å². The molecule has 0 amide bonds. The van der Waals surface area contributed by atoms with Gasteiger partial charge in [0.15, 0.2) is 5.11 Å². The van der Waals surface area contributed by atoms with E-state index in [9.17, 15) is 0 Å². The second-order valence-corrected chi connectivity index (χ2v) is 2.57. The van der Waals surface area contributed by atoms with Gasteiger partial charge in [-0.3, -0.25) is 4.84 Å². The zero-order valence-electron chi connectivity index (χ0n) is 7.14. The van der Waals surface area contributed by atoms with Crippen molar-refractivity contribution in [2.75, 3.05) is 12.2 Å². The van der Waals surface area contributed by atoms with Gasteiger partial charge in [0.1, 0.15) is 0 Å². The van der Waals surface area contributed by atoms with Crippen molar-refractivity contribution in [2.45, 2.75) is 0 Å². The highest BCUT2D eigenvalue weighted by Crippen LogP contribution is 2.12. The van der Waals surface area contributed by atoms with E-state index in [4.69, 9.17) is 22.8 Å². The summed E-state index contributed by atoms with van der Waals surface area (Å²) in [5.41, 5.74) is 6.24. The Morgan fingerprint density at radius 1 is 1.38 bits per heavy atom. The van der Waals surface area contributed by atoms with Crippen molar-refractivity contribution >= 4 is 47.0 Å². The Hall–Kier alpha value is -0.400. The molecule has 2 N–H and O–H groups in total. The molecule has 0 bridgehead atoms. The third-order valence-corrected chi connectivity index (χ3v) is 1.54. The molecule has 0 saturated heterocycles. The molecule has 1 rings (SSSR count). The van der Waals surface area contributed by atoms with Crippen LogP contribution in [0.4, 0.5) is 5.69 Å². The lowest BCUT2D eigenvalue weighted by molar-refractivity contribution is 0.211. The van der Waals surface area contributed by atoms with Gasteiger partial charge in [0.05, 0.1) is 12.8 Å². The van der Waals surface area contributed by atoms with Crippen LogP contribution in [0.15, 0.2) is 30.3 Å². The summed E-state index contributed by atoms with van der Waals surface area (Å²) < 4.78 is 0. The number of nitrogens with zero attached hydrogens (tertiary/aromatic N) is 1. The van der Waals surface area contributed by atoms with Crippen LogP contribution in [0.5, 0.6) is 0 Å². The van der Waals surface area contributed by atoms with Gasteiger partial charge in [-0.2, -0.15) is 5.06 Å². The van der Waals surface area contributed by atoms with Gasteiger partial charge < -0.3 is 5.73 Å². The second kappa shape index (κ2) is 6.11. The highest BCUT2D eigenvalue weighted by Gasteiger charge is 2.05. The quantitative estimate of drug-likeness (QED) is 0.514. The molecule has 0 unspecified atom stereocenters. The molecule has 0 aliphatic rings. The summed E-state index contributed by atoms with van der Waals surface area (Å²) >= 11 is 4.78. The average molecular weight is 310 g/mol. The molecule has 3 nitrogen and oxygen atoms in total. The lowest BCUT2D eigenvalue weighted by Gasteiger charge is -2.18. The molecule has 0 radical (unpaired) electrons. The molecule has 72 valence electrons. The number of anilines is 1. The van der Waals surface area contributed by atoms with Crippen LogP contribution in [-0.2, 0) is 4.84 Å². The summed E-state index contributed by atoms with van der Waals surface area (Å²) in [5, 5.41) is 1.58. The molecule has 1 aromatic rings.